The van der Waals surface area contributed by atoms with Crippen LogP contribution in [0.2, 0.25) is 0 Å². The van der Waals surface area contributed by atoms with Gasteiger partial charge in [0.05, 0.1) is 6.61 Å². The van der Waals surface area contributed by atoms with E-state index in [1.807, 2.05) is 25.1 Å². The maximum absolute atomic E-state index is 5.61. The van der Waals surface area contributed by atoms with Gasteiger partial charge >= 0.3 is 0 Å². The molecule has 4 nitrogen and oxygen atoms in total. The van der Waals surface area contributed by atoms with Gasteiger partial charge < -0.3 is 13.9 Å². The fourth-order valence-corrected chi connectivity index (χ4v) is 1.50. The van der Waals surface area contributed by atoms with E-state index in [1.165, 1.54) is 0 Å². The predicted molar refractivity (Wildman–Crippen MR) is 54.0 cm³/mol. The van der Waals surface area contributed by atoms with Crippen LogP contribution >= 0.6 is 0 Å². The number of hydrogen-bond acceptors (Lipinski definition) is 4. The summed E-state index contributed by atoms with van der Waals surface area (Å²) in [6, 6.07) is 5.68. The van der Waals surface area contributed by atoms with Crippen molar-refractivity contribution in [3.63, 3.8) is 0 Å². The maximum Gasteiger partial charge on any atom is 0.192 e. The molecular weight excluding hydrogens is 194 g/mol. The summed E-state index contributed by atoms with van der Waals surface area (Å²) in [7, 11) is 0. The number of aromatic nitrogens is 1. The standard InChI is InChI=1S/C11H11NO3/c1-7-12-11-9(14-6-8-5-13-8)3-2-4-10(11)15-7/h2-4,8H,5-6H2,1H3. The Morgan fingerprint density at radius 3 is 3.20 bits per heavy atom. The van der Waals surface area contributed by atoms with Gasteiger partial charge in [0.25, 0.3) is 0 Å². The number of nitrogens with zero attached hydrogens (tertiary/aromatic N) is 1. The minimum atomic E-state index is 0.258. The van der Waals surface area contributed by atoms with Crippen molar-refractivity contribution < 1.29 is 13.9 Å². The molecule has 78 valence electrons. The quantitative estimate of drug-likeness (QED) is 0.718. The molecule has 1 aliphatic rings. The molecule has 2 aromatic rings. The number of rotatable bonds is 3. The zero-order valence-corrected chi connectivity index (χ0v) is 8.40. The largest absolute Gasteiger partial charge is 0.488 e. The minimum Gasteiger partial charge on any atom is -0.488 e. The van der Waals surface area contributed by atoms with Crippen LogP contribution in [0.5, 0.6) is 5.75 Å². The van der Waals surface area contributed by atoms with Crippen molar-refractivity contribution in [3.8, 4) is 5.75 Å². The van der Waals surface area contributed by atoms with Crippen LogP contribution in [-0.2, 0) is 4.74 Å². The Hall–Kier alpha value is -1.55. The lowest BCUT2D eigenvalue weighted by Gasteiger charge is -2.03. The topological polar surface area (TPSA) is 47.8 Å². The van der Waals surface area contributed by atoms with Crippen LogP contribution in [-0.4, -0.2) is 24.3 Å². The average Bonchev–Trinajstić information content (AvgIpc) is 2.96. The van der Waals surface area contributed by atoms with E-state index in [9.17, 15) is 0 Å². The molecule has 1 fully saturated rings. The van der Waals surface area contributed by atoms with Gasteiger partial charge in [-0.2, -0.15) is 0 Å². The third kappa shape index (κ3) is 1.68. The molecule has 4 heteroatoms. The first kappa shape index (κ1) is 8.73. The van der Waals surface area contributed by atoms with Crippen LogP contribution in [0.25, 0.3) is 11.1 Å². The Morgan fingerprint density at radius 1 is 1.53 bits per heavy atom. The maximum atomic E-state index is 5.61. The first-order valence-electron chi connectivity index (χ1n) is 4.93. The van der Waals surface area contributed by atoms with E-state index in [1.54, 1.807) is 0 Å². The molecule has 1 aromatic heterocycles. The fraction of sp³-hybridized carbons (Fsp3) is 0.364. The van der Waals surface area contributed by atoms with Crippen molar-refractivity contribution in [1.29, 1.82) is 0 Å². The molecule has 0 radical (unpaired) electrons. The average molecular weight is 205 g/mol. The molecular formula is C11H11NO3. The second kappa shape index (κ2) is 3.24. The number of benzene rings is 1. The van der Waals surface area contributed by atoms with Gasteiger partial charge in [0.15, 0.2) is 17.0 Å². The molecule has 1 aromatic carbocycles. The number of fused-ring (bicyclic) bond motifs is 1. The third-order valence-corrected chi connectivity index (χ3v) is 2.32. The van der Waals surface area contributed by atoms with Gasteiger partial charge in [0.1, 0.15) is 18.5 Å². The second-order valence-corrected chi connectivity index (χ2v) is 3.60. The molecule has 0 saturated carbocycles. The number of hydrogen-bond donors (Lipinski definition) is 0. The SMILES string of the molecule is Cc1nc2c(OCC3CO3)cccc2o1. The summed E-state index contributed by atoms with van der Waals surface area (Å²) < 4.78 is 16.1. The summed E-state index contributed by atoms with van der Waals surface area (Å²) in [6.07, 6.45) is 0.258. The Bertz CT molecular complexity index is 488. The van der Waals surface area contributed by atoms with Gasteiger partial charge in [-0.15, -0.1) is 0 Å². The molecule has 0 spiro atoms. The Balaban J connectivity index is 1.93. The Kier molecular flexibility index (Phi) is 1.89. The third-order valence-electron chi connectivity index (χ3n) is 2.32. The minimum absolute atomic E-state index is 0.258. The molecule has 0 bridgehead atoms. The van der Waals surface area contributed by atoms with Crippen molar-refractivity contribution in [1.82, 2.24) is 4.98 Å². The molecule has 1 unspecified atom stereocenters. The lowest BCUT2D eigenvalue weighted by molar-refractivity contribution is 0.265. The van der Waals surface area contributed by atoms with Crippen molar-refractivity contribution in [2.75, 3.05) is 13.2 Å². The van der Waals surface area contributed by atoms with Crippen molar-refractivity contribution in [2.24, 2.45) is 0 Å². The smallest absolute Gasteiger partial charge is 0.192 e. The van der Waals surface area contributed by atoms with Crippen LogP contribution < -0.4 is 4.74 Å². The highest BCUT2D eigenvalue weighted by Crippen LogP contribution is 2.26. The molecule has 1 aliphatic heterocycles. The molecule has 15 heavy (non-hydrogen) atoms. The number of aryl methyl sites for hydroxylation is 1. The summed E-state index contributed by atoms with van der Waals surface area (Å²) in [5.41, 5.74) is 1.55. The summed E-state index contributed by atoms with van der Waals surface area (Å²) in [5, 5.41) is 0. The van der Waals surface area contributed by atoms with Gasteiger partial charge in [-0.3, -0.25) is 0 Å². The Morgan fingerprint density at radius 2 is 2.40 bits per heavy atom. The summed E-state index contributed by atoms with van der Waals surface area (Å²) in [6.45, 7) is 3.21. The van der Waals surface area contributed by atoms with E-state index in [2.05, 4.69) is 4.98 Å². The van der Waals surface area contributed by atoms with Crippen molar-refractivity contribution in [3.05, 3.63) is 24.1 Å². The van der Waals surface area contributed by atoms with Crippen LogP contribution in [0.4, 0.5) is 0 Å². The molecule has 2 heterocycles. The highest BCUT2D eigenvalue weighted by molar-refractivity contribution is 5.79. The normalized spacial score (nSPS) is 19.4. The van der Waals surface area contributed by atoms with Crippen LogP contribution in [0.3, 0.4) is 0 Å². The van der Waals surface area contributed by atoms with Crippen LogP contribution in [0.15, 0.2) is 22.6 Å². The van der Waals surface area contributed by atoms with Crippen LogP contribution in [0, 0.1) is 6.92 Å². The van der Waals surface area contributed by atoms with E-state index >= 15 is 0 Å². The van der Waals surface area contributed by atoms with E-state index in [0.717, 1.165) is 23.5 Å². The molecule has 1 saturated heterocycles. The van der Waals surface area contributed by atoms with E-state index in [0.29, 0.717) is 12.5 Å². The highest BCUT2D eigenvalue weighted by Gasteiger charge is 2.23. The lowest BCUT2D eigenvalue weighted by atomic mass is 10.3. The van der Waals surface area contributed by atoms with E-state index < -0.39 is 0 Å². The van der Waals surface area contributed by atoms with Gasteiger partial charge in [-0.05, 0) is 12.1 Å². The number of oxazole rings is 1. The van der Waals surface area contributed by atoms with E-state index in [4.69, 9.17) is 13.9 Å². The summed E-state index contributed by atoms with van der Waals surface area (Å²) in [4.78, 5) is 4.28. The monoisotopic (exact) mass is 205 g/mol. The number of epoxide rings is 1. The first-order chi connectivity index (χ1) is 7.33. The molecule has 0 amide bonds. The number of ether oxygens (including phenoxy) is 2. The van der Waals surface area contributed by atoms with Crippen molar-refractivity contribution >= 4 is 11.1 Å². The zero-order chi connectivity index (χ0) is 10.3. The predicted octanol–water partition coefficient (Wildman–Crippen LogP) is 1.91. The molecule has 0 aliphatic carbocycles. The lowest BCUT2D eigenvalue weighted by Crippen LogP contribution is -2.04. The summed E-state index contributed by atoms with van der Waals surface area (Å²) in [5.74, 6) is 1.42. The highest BCUT2D eigenvalue weighted by atomic mass is 16.6. The van der Waals surface area contributed by atoms with Gasteiger partial charge in [0.2, 0.25) is 0 Å². The van der Waals surface area contributed by atoms with Crippen LogP contribution in [0.1, 0.15) is 5.89 Å². The number of para-hydroxylation sites is 1. The first-order valence-corrected chi connectivity index (χ1v) is 4.93. The molecule has 3 rings (SSSR count). The molecule has 0 N–H and O–H groups in total. The second-order valence-electron chi connectivity index (χ2n) is 3.60. The molecule has 1 atom stereocenters. The van der Waals surface area contributed by atoms with Gasteiger partial charge in [0, 0.05) is 6.92 Å². The van der Waals surface area contributed by atoms with Gasteiger partial charge in [-0.25, -0.2) is 4.98 Å². The van der Waals surface area contributed by atoms with E-state index in [-0.39, 0.29) is 6.10 Å². The van der Waals surface area contributed by atoms with Gasteiger partial charge in [-0.1, -0.05) is 6.07 Å². The fourth-order valence-electron chi connectivity index (χ4n) is 1.50. The van der Waals surface area contributed by atoms with Crippen molar-refractivity contribution in [2.45, 2.75) is 13.0 Å². The zero-order valence-electron chi connectivity index (χ0n) is 8.40. The summed E-state index contributed by atoms with van der Waals surface area (Å²) >= 11 is 0. The Labute approximate surface area is 86.8 Å².